The first-order chi connectivity index (χ1) is 13.2. The van der Waals surface area contributed by atoms with E-state index in [-0.39, 0.29) is 5.56 Å². The minimum atomic E-state index is -0.158. The van der Waals surface area contributed by atoms with Crippen LogP contribution in [0.5, 0.6) is 11.5 Å². The Morgan fingerprint density at radius 3 is 2.70 bits per heavy atom. The molecule has 0 amide bonds. The van der Waals surface area contributed by atoms with Gasteiger partial charge >= 0.3 is 0 Å². The zero-order valence-electron chi connectivity index (χ0n) is 14.8. The van der Waals surface area contributed by atoms with Crippen LogP contribution in [0.4, 0.5) is 5.13 Å². The summed E-state index contributed by atoms with van der Waals surface area (Å²) in [7, 11) is 0. The fraction of sp³-hybridized carbons (Fsp3) is 0.150. The molecule has 0 radical (unpaired) electrons. The van der Waals surface area contributed by atoms with E-state index in [1.54, 1.807) is 0 Å². The lowest BCUT2D eigenvalue weighted by atomic mass is 10.2. The van der Waals surface area contributed by atoms with Crippen molar-refractivity contribution in [3.63, 3.8) is 0 Å². The van der Waals surface area contributed by atoms with Crippen molar-refractivity contribution in [2.45, 2.75) is 19.9 Å². The van der Waals surface area contributed by atoms with E-state index in [1.165, 1.54) is 21.9 Å². The summed E-state index contributed by atoms with van der Waals surface area (Å²) in [4.78, 5) is 17.2. The summed E-state index contributed by atoms with van der Waals surface area (Å²) in [6, 6.07) is 19.0. The molecule has 0 saturated heterocycles. The molecule has 0 atom stereocenters. The van der Waals surface area contributed by atoms with Gasteiger partial charge in [0.25, 0.3) is 5.56 Å². The van der Waals surface area contributed by atoms with Gasteiger partial charge in [-0.2, -0.15) is 4.52 Å². The van der Waals surface area contributed by atoms with Crippen molar-refractivity contribution in [2.24, 2.45) is 0 Å². The number of rotatable bonds is 6. The number of para-hydroxylation sites is 2. The molecule has 1 N–H and O–H groups in total. The standard InChI is InChI=1S/C20H18N4O2S/c1-2-15-12-18(25)24-20(22-15)27-19(23-24)21-13-14-8-6-7-11-17(14)26-16-9-4-3-5-10-16/h3-12H,2,13H2,1H3,(H,21,23). The maximum Gasteiger partial charge on any atom is 0.275 e. The predicted molar refractivity (Wildman–Crippen MR) is 107 cm³/mol. The van der Waals surface area contributed by atoms with Gasteiger partial charge in [-0.25, -0.2) is 4.98 Å². The SMILES string of the molecule is CCc1cc(=O)n2nc(NCc3ccccc3Oc3ccccc3)sc2n1. The van der Waals surface area contributed by atoms with Crippen molar-refractivity contribution in [3.05, 3.63) is 82.3 Å². The average Bonchev–Trinajstić information content (AvgIpc) is 3.12. The first kappa shape index (κ1) is 17.2. The Kier molecular flexibility index (Phi) is 4.84. The first-order valence-electron chi connectivity index (χ1n) is 8.67. The molecule has 0 aliphatic heterocycles. The molecule has 136 valence electrons. The second-order valence-electron chi connectivity index (χ2n) is 5.92. The first-order valence-corrected chi connectivity index (χ1v) is 9.49. The largest absolute Gasteiger partial charge is 0.457 e. The molecule has 2 heterocycles. The highest BCUT2D eigenvalue weighted by Crippen LogP contribution is 2.26. The molecule has 4 rings (SSSR count). The Bertz CT molecular complexity index is 1120. The number of fused-ring (bicyclic) bond motifs is 1. The molecule has 7 heteroatoms. The van der Waals surface area contributed by atoms with E-state index in [0.29, 0.717) is 16.6 Å². The summed E-state index contributed by atoms with van der Waals surface area (Å²) < 4.78 is 7.31. The van der Waals surface area contributed by atoms with E-state index in [2.05, 4.69) is 15.4 Å². The molecular weight excluding hydrogens is 360 g/mol. The van der Waals surface area contributed by atoms with Crippen LogP contribution in [0.2, 0.25) is 0 Å². The van der Waals surface area contributed by atoms with Crippen molar-refractivity contribution in [1.29, 1.82) is 0 Å². The van der Waals surface area contributed by atoms with Crippen LogP contribution < -0.4 is 15.6 Å². The number of anilines is 1. The van der Waals surface area contributed by atoms with Gasteiger partial charge in [-0.1, -0.05) is 54.7 Å². The van der Waals surface area contributed by atoms with E-state index in [4.69, 9.17) is 4.74 Å². The predicted octanol–water partition coefficient (Wildman–Crippen LogP) is 4.12. The molecule has 0 aliphatic rings. The van der Waals surface area contributed by atoms with Crippen molar-refractivity contribution in [1.82, 2.24) is 14.6 Å². The normalized spacial score (nSPS) is 10.9. The van der Waals surface area contributed by atoms with Crippen molar-refractivity contribution < 1.29 is 4.74 Å². The number of nitrogens with one attached hydrogen (secondary N) is 1. The van der Waals surface area contributed by atoms with Gasteiger partial charge < -0.3 is 10.1 Å². The second kappa shape index (κ2) is 7.59. The van der Waals surface area contributed by atoms with Crippen LogP contribution >= 0.6 is 11.3 Å². The van der Waals surface area contributed by atoms with Gasteiger partial charge in [-0.05, 0) is 24.6 Å². The van der Waals surface area contributed by atoms with Crippen LogP contribution in [-0.4, -0.2) is 14.6 Å². The molecule has 4 aromatic rings. The molecule has 0 unspecified atom stereocenters. The quantitative estimate of drug-likeness (QED) is 0.547. The molecule has 27 heavy (non-hydrogen) atoms. The van der Waals surface area contributed by atoms with E-state index >= 15 is 0 Å². The lowest BCUT2D eigenvalue weighted by Crippen LogP contribution is -2.15. The van der Waals surface area contributed by atoms with Gasteiger partial charge in [-0.15, -0.1) is 5.10 Å². The summed E-state index contributed by atoms with van der Waals surface area (Å²) in [6.07, 6.45) is 0.719. The van der Waals surface area contributed by atoms with Crippen LogP contribution in [-0.2, 0) is 13.0 Å². The smallest absolute Gasteiger partial charge is 0.275 e. The Balaban J connectivity index is 1.55. The Morgan fingerprint density at radius 1 is 1.11 bits per heavy atom. The van der Waals surface area contributed by atoms with Gasteiger partial charge in [-0.3, -0.25) is 4.79 Å². The lowest BCUT2D eigenvalue weighted by Gasteiger charge is -2.11. The van der Waals surface area contributed by atoms with Gasteiger partial charge in [0, 0.05) is 23.9 Å². The molecule has 0 fully saturated rings. The highest BCUT2D eigenvalue weighted by Gasteiger charge is 2.10. The molecule has 0 saturated carbocycles. The number of benzene rings is 2. The summed E-state index contributed by atoms with van der Waals surface area (Å²) in [6.45, 7) is 2.50. The summed E-state index contributed by atoms with van der Waals surface area (Å²) >= 11 is 1.36. The number of aryl methyl sites for hydroxylation is 1. The fourth-order valence-corrected chi connectivity index (χ4v) is 3.46. The van der Waals surface area contributed by atoms with Crippen LogP contribution in [0.1, 0.15) is 18.2 Å². The van der Waals surface area contributed by atoms with E-state index in [9.17, 15) is 4.79 Å². The minimum Gasteiger partial charge on any atom is -0.457 e. The third kappa shape index (κ3) is 3.83. The second-order valence-corrected chi connectivity index (χ2v) is 6.87. The van der Waals surface area contributed by atoms with Crippen LogP contribution in [0, 0.1) is 0 Å². The third-order valence-electron chi connectivity index (χ3n) is 4.03. The van der Waals surface area contributed by atoms with E-state index in [0.717, 1.165) is 29.2 Å². The summed E-state index contributed by atoms with van der Waals surface area (Å²) in [5.74, 6) is 1.56. The minimum absolute atomic E-state index is 0.158. The van der Waals surface area contributed by atoms with Gasteiger partial charge in [0.05, 0.1) is 0 Å². The van der Waals surface area contributed by atoms with Crippen LogP contribution in [0.3, 0.4) is 0 Å². The zero-order chi connectivity index (χ0) is 18.6. The Hall–Kier alpha value is -3.19. The maximum atomic E-state index is 12.1. The van der Waals surface area contributed by atoms with Gasteiger partial charge in [0.2, 0.25) is 10.1 Å². The van der Waals surface area contributed by atoms with Crippen molar-refractivity contribution in [3.8, 4) is 11.5 Å². The third-order valence-corrected chi connectivity index (χ3v) is 4.90. The zero-order valence-corrected chi connectivity index (χ0v) is 15.6. The molecule has 0 spiro atoms. The number of ether oxygens (including phenoxy) is 1. The van der Waals surface area contributed by atoms with E-state index < -0.39 is 0 Å². The number of nitrogens with zero attached hydrogens (tertiary/aromatic N) is 3. The molecule has 0 aliphatic carbocycles. The molecular formula is C20H18N4O2S. The topological polar surface area (TPSA) is 68.5 Å². The molecule has 2 aromatic carbocycles. The van der Waals surface area contributed by atoms with Gasteiger partial charge in [0.15, 0.2) is 0 Å². The summed E-state index contributed by atoms with van der Waals surface area (Å²) in [5, 5.41) is 8.23. The molecule has 6 nitrogen and oxygen atoms in total. The van der Waals surface area contributed by atoms with E-state index in [1.807, 2.05) is 61.5 Å². The maximum absolute atomic E-state index is 12.1. The van der Waals surface area contributed by atoms with Crippen molar-refractivity contribution >= 4 is 21.4 Å². The number of hydrogen-bond donors (Lipinski definition) is 1. The number of aromatic nitrogens is 3. The highest BCUT2D eigenvalue weighted by molar-refractivity contribution is 7.20. The lowest BCUT2D eigenvalue weighted by molar-refractivity contribution is 0.477. The fourth-order valence-electron chi connectivity index (χ4n) is 2.64. The Labute approximate surface area is 160 Å². The molecule has 2 aromatic heterocycles. The number of hydrogen-bond acceptors (Lipinski definition) is 6. The van der Waals surface area contributed by atoms with Crippen LogP contribution in [0.15, 0.2) is 65.5 Å². The Morgan fingerprint density at radius 2 is 1.89 bits per heavy atom. The molecule has 0 bridgehead atoms. The van der Waals surface area contributed by atoms with Crippen molar-refractivity contribution in [2.75, 3.05) is 5.32 Å². The van der Waals surface area contributed by atoms with Crippen LogP contribution in [0.25, 0.3) is 4.96 Å². The average molecular weight is 378 g/mol. The highest BCUT2D eigenvalue weighted by atomic mass is 32.1. The summed E-state index contributed by atoms with van der Waals surface area (Å²) in [5.41, 5.74) is 1.61. The van der Waals surface area contributed by atoms with Gasteiger partial charge in [0.1, 0.15) is 11.5 Å². The monoisotopic (exact) mass is 378 g/mol.